The Hall–Kier alpha value is -1.58. The van der Waals surface area contributed by atoms with Crippen LogP contribution in [0.3, 0.4) is 0 Å². The van der Waals surface area contributed by atoms with E-state index in [2.05, 4.69) is 38.2 Å². The second kappa shape index (κ2) is 46.8. The molecule has 1 unspecified atom stereocenters. The average Bonchev–Trinajstić information content (AvgIpc) is 3.17. The number of hydrogen-bond donors (Lipinski definition) is 1. The normalized spacial score (nSPS) is 12.3. The average molecular weight is 773 g/mol. The summed E-state index contributed by atoms with van der Waals surface area (Å²) in [7, 11) is 0. The number of carboxylic acid groups (broad SMARTS) is 1. The highest BCUT2D eigenvalue weighted by atomic mass is 16.5. The van der Waals surface area contributed by atoms with Crippen molar-refractivity contribution in [2.75, 3.05) is 0 Å². The van der Waals surface area contributed by atoms with E-state index in [0.29, 0.717) is 6.42 Å². The molecule has 0 heterocycles. The van der Waals surface area contributed by atoms with Gasteiger partial charge in [-0.3, -0.25) is 9.59 Å². The van der Waals surface area contributed by atoms with E-state index >= 15 is 0 Å². The second-order valence-corrected chi connectivity index (χ2v) is 17.0. The quantitative estimate of drug-likeness (QED) is 0.0380. The summed E-state index contributed by atoms with van der Waals surface area (Å²) in [6.07, 6.45) is 60.8. The standard InChI is InChI=1S/C51H96O4/c1-3-5-7-9-11-13-15-17-19-20-21-22-23-24-25-26-27-29-31-33-35-40-44-48-51(54)55-49(46-42-38-36-39-43-47-50(52)53)45-41-37-34-32-30-28-18-16-14-12-10-8-6-4-2/h15,17,20-21,49H,3-14,16,18-19,22-48H2,1-2H3,(H,52,53)/b17-15-,21-20-. The van der Waals surface area contributed by atoms with Crippen molar-refractivity contribution in [2.24, 2.45) is 0 Å². The van der Waals surface area contributed by atoms with Crippen molar-refractivity contribution in [2.45, 2.75) is 290 Å². The Morgan fingerprint density at radius 1 is 0.400 bits per heavy atom. The van der Waals surface area contributed by atoms with E-state index in [-0.39, 0.29) is 18.5 Å². The smallest absolute Gasteiger partial charge is 0.306 e. The van der Waals surface area contributed by atoms with E-state index in [1.54, 1.807) is 0 Å². The van der Waals surface area contributed by atoms with E-state index < -0.39 is 5.97 Å². The Labute approximate surface area is 344 Å². The van der Waals surface area contributed by atoms with Crippen LogP contribution < -0.4 is 0 Å². The number of ether oxygens (including phenoxy) is 1. The largest absolute Gasteiger partial charge is 0.481 e. The second-order valence-electron chi connectivity index (χ2n) is 17.0. The van der Waals surface area contributed by atoms with Crippen molar-refractivity contribution in [1.82, 2.24) is 0 Å². The van der Waals surface area contributed by atoms with E-state index in [0.717, 1.165) is 70.6 Å². The molecule has 1 N–H and O–H groups in total. The maximum Gasteiger partial charge on any atom is 0.306 e. The number of allylic oxidation sites excluding steroid dienone is 4. The number of carbonyl (C=O) groups excluding carboxylic acids is 1. The third-order valence-corrected chi connectivity index (χ3v) is 11.4. The molecule has 0 aliphatic heterocycles. The topological polar surface area (TPSA) is 63.6 Å². The number of aliphatic carboxylic acids is 1. The summed E-state index contributed by atoms with van der Waals surface area (Å²) in [4.78, 5) is 23.5. The lowest BCUT2D eigenvalue weighted by Gasteiger charge is -2.18. The summed E-state index contributed by atoms with van der Waals surface area (Å²) in [5.74, 6) is -0.689. The molecule has 0 bridgehead atoms. The number of unbranched alkanes of at least 4 members (excludes halogenated alkanes) is 33. The van der Waals surface area contributed by atoms with Gasteiger partial charge in [-0.05, 0) is 70.6 Å². The fourth-order valence-corrected chi connectivity index (χ4v) is 7.75. The van der Waals surface area contributed by atoms with Crippen LogP contribution in [0.2, 0.25) is 0 Å². The molecule has 0 radical (unpaired) electrons. The van der Waals surface area contributed by atoms with Gasteiger partial charge in [-0.25, -0.2) is 0 Å². The van der Waals surface area contributed by atoms with Gasteiger partial charge in [0.05, 0.1) is 0 Å². The number of rotatable bonds is 46. The van der Waals surface area contributed by atoms with Gasteiger partial charge in [0.2, 0.25) is 0 Å². The van der Waals surface area contributed by atoms with Gasteiger partial charge in [-0.15, -0.1) is 0 Å². The third-order valence-electron chi connectivity index (χ3n) is 11.4. The Balaban J connectivity index is 3.89. The number of carbonyl (C=O) groups is 2. The van der Waals surface area contributed by atoms with E-state index in [1.165, 1.54) is 186 Å². The molecular weight excluding hydrogens is 677 g/mol. The zero-order valence-corrected chi connectivity index (χ0v) is 37.3. The molecule has 0 aliphatic rings. The first-order valence-corrected chi connectivity index (χ1v) is 24.8. The van der Waals surface area contributed by atoms with Gasteiger partial charge in [0.15, 0.2) is 0 Å². The molecule has 0 aromatic carbocycles. The zero-order valence-electron chi connectivity index (χ0n) is 37.3. The zero-order chi connectivity index (χ0) is 40.0. The first kappa shape index (κ1) is 53.4. The maximum atomic E-state index is 12.8. The minimum Gasteiger partial charge on any atom is -0.481 e. The van der Waals surface area contributed by atoms with Crippen LogP contribution >= 0.6 is 0 Å². The number of carboxylic acids is 1. The van der Waals surface area contributed by atoms with Gasteiger partial charge >= 0.3 is 11.9 Å². The summed E-state index contributed by atoms with van der Waals surface area (Å²) in [5.41, 5.74) is 0. The van der Waals surface area contributed by atoms with Crippen molar-refractivity contribution >= 4 is 11.9 Å². The van der Waals surface area contributed by atoms with Crippen molar-refractivity contribution < 1.29 is 19.4 Å². The molecule has 1 atom stereocenters. The van der Waals surface area contributed by atoms with E-state index in [9.17, 15) is 9.59 Å². The van der Waals surface area contributed by atoms with Crippen molar-refractivity contribution in [3.63, 3.8) is 0 Å². The fraction of sp³-hybridized carbons (Fsp3) is 0.882. The Morgan fingerprint density at radius 3 is 1.07 bits per heavy atom. The molecule has 4 heteroatoms. The van der Waals surface area contributed by atoms with E-state index in [4.69, 9.17) is 9.84 Å². The molecule has 0 aromatic rings. The number of hydrogen-bond acceptors (Lipinski definition) is 3. The summed E-state index contributed by atoms with van der Waals surface area (Å²) < 4.78 is 6.05. The van der Waals surface area contributed by atoms with Crippen LogP contribution in [0.15, 0.2) is 24.3 Å². The number of esters is 1. The molecule has 0 rings (SSSR count). The Bertz CT molecular complexity index is 833. The lowest BCUT2D eigenvalue weighted by Crippen LogP contribution is -2.18. The fourth-order valence-electron chi connectivity index (χ4n) is 7.75. The highest BCUT2D eigenvalue weighted by molar-refractivity contribution is 5.69. The molecule has 0 aromatic heterocycles. The molecular formula is C51H96O4. The van der Waals surface area contributed by atoms with Crippen LogP contribution in [0.1, 0.15) is 284 Å². The molecule has 324 valence electrons. The Kier molecular flexibility index (Phi) is 45.5. The van der Waals surface area contributed by atoms with Crippen LogP contribution in [0.25, 0.3) is 0 Å². The minimum absolute atomic E-state index is 0.00708. The predicted octanol–water partition coefficient (Wildman–Crippen LogP) is 17.5. The van der Waals surface area contributed by atoms with Crippen LogP contribution in [0.5, 0.6) is 0 Å². The van der Waals surface area contributed by atoms with Crippen LogP contribution in [0, 0.1) is 0 Å². The molecule has 55 heavy (non-hydrogen) atoms. The molecule has 0 fully saturated rings. The highest BCUT2D eigenvalue weighted by Crippen LogP contribution is 2.20. The van der Waals surface area contributed by atoms with Gasteiger partial charge in [0.1, 0.15) is 6.10 Å². The Morgan fingerprint density at radius 2 is 0.709 bits per heavy atom. The first-order chi connectivity index (χ1) is 27.1. The molecule has 0 aliphatic carbocycles. The third kappa shape index (κ3) is 46.7. The summed E-state index contributed by atoms with van der Waals surface area (Å²) in [5, 5.41) is 8.86. The van der Waals surface area contributed by atoms with Crippen molar-refractivity contribution in [1.29, 1.82) is 0 Å². The molecule has 0 spiro atoms. The summed E-state index contributed by atoms with van der Waals surface area (Å²) in [6, 6.07) is 0. The van der Waals surface area contributed by atoms with Crippen molar-refractivity contribution in [3.8, 4) is 0 Å². The summed E-state index contributed by atoms with van der Waals surface area (Å²) in [6.45, 7) is 4.56. The molecule has 4 nitrogen and oxygen atoms in total. The molecule has 0 saturated carbocycles. The van der Waals surface area contributed by atoms with Crippen molar-refractivity contribution in [3.05, 3.63) is 24.3 Å². The monoisotopic (exact) mass is 773 g/mol. The van der Waals surface area contributed by atoms with E-state index in [1.807, 2.05) is 0 Å². The lowest BCUT2D eigenvalue weighted by molar-refractivity contribution is -0.150. The highest BCUT2D eigenvalue weighted by Gasteiger charge is 2.14. The van der Waals surface area contributed by atoms with Crippen LogP contribution in [-0.4, -0.2) is 23.1 Å². The van der Waals surface area contributed by atoms with Gasteiger partial charge in [-0.2, -0.15) is 0 Å². The van der Waals surface area contributed by atoms with Crippen LogP contribution in [0.4, 0.5) is 0 Å². The molecule has 0 amide bonds. The molecule has 0 saturated heterocycles. The maximum absolute atomic E-state index is 12.8. The SMILES string of the molecule is CCCCCCC/C=C\C/C=C\CCCCCCCCCCCCCC(=O)OC(CCCCCCCCCCCCCCCC)CCCCCCCC(=O)O. The summed E-state index contributed by atoms with van der Waals surface area (Å²) >= 11 is 0. The first-order valence-electron chi connectivity index (χ1n) is 24.8. The predicted molar refractivity (Wildman–Crippen MR) is 241 cm³/mol. The van der Waals surface area contributed by atoms with Crippen LogP contribution in [-0.2, 0) is 14.3 Å². The van der Waals surface area contributed by atoms with Gasteiger partial charge < -0.3 is 9.84 Å². The van der Waals surface area contributed by atoms with Gasteiger partial charge in [0, 0.05) is 12.8 Å². The van der Waals surface area contributed by atoms with Gasteiger partial charge in [0.25, 0.3) is 0 Å². The lowest BCUT2D eigenvalue weighted by atomic mass is 10.0. The van der Waals surface area contributed by atoms with Gasteiger partial charge in [-0.1, -0.05) is 224 Å². The minimum atomic E-state index is -0.696.